The van der Waals surface area contributed by atoms with Gasteiger partial charge in [0.2, 0.25) is 0 Å². The molecule has 3 nitrogen and oxygen atoms in total. The number of nitrogens with zero attached hydrogens (tertiary/aromatic N) is 2. The Morgan fingerprint density at radius 2 is 1.87 bits per heavy atom. The molecule has 0 spiro atoms. The van der Waals surface area contributed by atoms with Gasteiger partial charge in [0.25, 0.3) is 0 Å². The van der Waals surface area contributed by atoms with Gasteiger partial charge in [0.05, 0.1) is 18.7 Å². The van der Waals surface area contributed by atoms with Crippen molar-refractivity contribution in [2.45, 2.75) is 39.0 Å². The van der Waals surface area contributed by atoms with Crippen molar-refractivity contribution < 1.29 is 4.42 Å². The van der Waals surface area contributed by atoms with Gasteiger partial charge < -0.3 is 4.42 Å². The van der Waals surface area contributed by atoms with Gasteiger partial charge in [-0.05, 0) is 36.1 Å². The van der Waals surface area contributed by atoms with E-state index in [2.05, 4.69) is 35.3 Å². The van der Waals surface area contributed by atoms with E-state index in [9.17, 15) is 0 Å². The van der Waals surface area contributed by atoms with Gasteiger partial charge in [0.1, 0.15) is 5.76 Å². The normalized spacial score (nSPS) is 12.5. The molecule has 0 bridgehead atoms. The highest BCUT2D eigenvalue weighted by Crippen LogP contribution is 2.13. The quantitative estimate of drug-likeness (QED) is 0.331. The Morgan fingerprint density at radius 1 is 1.00 bits per heavy atom. The van der Waals surface area contributed by atoms with Crippen molar-refractivity contribution in [2.24, 2.45) is 10.2 Å². The van der Waals surface area contributed by atoms with Crippen molar-refractivity contribution in [3.8, 4) is 0 Å². The van der Waals surface area contributed by atoms with Crippen LogP contribution >= 0.6 is 0 Å². The Morgan fingerprint density at radius 3 is 2.61 bits per heavy atom. The number of rotatable bonds is 9. The molecule has 2 rings (SSSR count). The zero-order valence-electron chi connectivity index (χ0n) is 13.7. The van der Waals surface area contributed by atoms with Crippen molar-refractivity contribution >= 4 is 18.5 Å². The average Bonchev–Trinajstić information content (AvgIpc) is 3.09. The largest absolute Gasteiger partial charge is 0.463 e. The van der Waals surface area contributed by atoms with Crippen LogP contribution in [0, 0.1) is 0 Å². The molecule has 0 unspecified atom stereocenters. The summed E-state index contributed by atoms with van der Waals surface area (Å²) in [6.45, 7) is 2.23. The molecule has 0 saturated heterocycles. The number of hydrogen-bond acceptors (Lipinski definition) is 3. The van der Waals surface area contributed by atoms with Gasteiger partial charge in [-0.1, -0.05) is 62.6 Å². The third-order valence-electron chi connectivity index (χ3n) is 3.49. The first kappa shape index (κ1) is 16.9. The summed E-state index contributed by atoms with van der Waals surface area (Å²) < 4.78 is 5.19. The second kappa shape index (κ2) is 10.3. The van der Waals surface area contributed by atoms with E-state index < -0.39 is 0 Å². The van der Waals surface area contributed by atoms with E-state index in [1.165, 1.54) is 36.8 Å². The maximum absolute atomic E-state index is 5.19. The topological polar surface area (TPSA) is 37.9 Å². The van der Waals surface area contributed by atoms with Gasteiger partial charge in [-0.3, -0.25) is 0 Å². The first-order valence-electron chi connectivity index (χ1n) is 8.24. The Labute approximate surface area is 138 Å². The summed E-state index contributed by atoms with van der Waals surface area (Å²) in [5.41, 5.74) is 2.39. The van der Waals surface area contributed by atoms with Crippen LogP contribution in [0.4, 0.5) is 0 Å². The smallest absolute Gasteiger partial charge is 0.146 e. The Bertz CT molecular complexity index is 625. The highest BCUT2D eigenvalue weighted by atomic mass is 16.3. The molecule has 0 aliphatic heterocycles. The summed E-state index contributed by atoms with van der Waals surface area (Å²) in [7, 11) is 0. The minimum atomic E-state index is 0.707. The van der Waals surface area contributed by atoms with Crippen molar-refractivity contribution in [3.63, 3.8) is 0 Å². The zero-order valence-corrected chi connectivity index (χ0v) is 13.7. The van der Waals surface area contributed by atoms with Crippen LogP contribution in [-0.4, -0.2) is 12.4 Å². The monoisotopic (exact) mass is 308 g/mol. The second-order valence-electron chi connectivity index (χ2n) is 5.45. The number of hydrogen-bond donors (Lipinski definition) is 0. The first-order valence-corrected chi connectivity index (χ1v) is 8.24. The van der Waals surface area contributed by atoms with Crippen LogP contribution in [0.5, 0.6) is 0 Å². The Hall–Kier alpha value is -2.42. The van der Waals surface area contributed by atoms with Gasteiger partial charge in [-0.15, -0.1) is 0 Å². The summed E-state index contributed by atoms with van der Waals surface area (Å²) >= 11 is 0. The van der Waals surface area contributed by atoms with Crippen LogP contribution in [0.2, 0.25) is 0 Å². The lowest BCUT2D eigenvalue weighted by atomic mass is 10.0. The molecule has 0 N–H and O–H groups in total. The molecular weight excluding hydrogens is 284 g/mol. The predicted octanol–water partition coefficient (Wildman–Crippen LogP) is 5.74. The van der Waals surface area contributed by atoms with E-state index in [0.29, 0.717) is 5.76 Å². The van der Waals surface area contributed by atoms with Crippen LogP contribution < -0.4 is 0 Å². The summed E-state index contributed by atoms with van der Waals surface area (Å²) in [5.74, 6) is 0.707. The molecule has 1 heterocycles. The van der Waals surface area contributed by atoms with Crippen LogP contribution in [-0.2, 0) is 0 Å². The number of benzene rings is 1. The Kier molecular flexibility index (Phi) is 7.61. The molecule has 23 heavy (non-hydrogen) atoms. The van der Waals surface area contributed by atoms with Crippen LogP contribution in [0.3, 0.4) is 0 Å². The lowest BCUT2D eigenvalue weighted by Gasteiger charge is -2.02. The molecule has 0 atom stereocenters. The van der Waals surface area contributed by atoms with Gasteiger partial charge in [0.15, 0.2) is 0 Å². The van der Waals surface area contributed by atoms with E-state index in [1.54, 1.807) is 12.5 Å². The molecular formula is C20H24N2O. The second-order valence-corrected chi connectivity index (χ2v) is 5.45. The molecule has 0 amide bonds. The van der Waals surface area contributed by atoms with Gasteiger partial charge in [-0.2, -0.15) is 10.2 Å². The van der Waals surface area contributed by atoms with E-state index in [0.717, 1.165) is 6.42 Å². The summed E-state index contributed by atoms with van der Waals surface area (Å²) in [4.78, 5) is 0. The minimum Gasteiger partial charge on any atom is -0.463 e. The number of unbranched alkanes of at least 4 members (excludes halogenated alkanes) is 3. The maximum Gasteiger partial charge on any atom is 0.146 e. The highest BCUT2D eigenvalue weighted by molar-refractivity contribution is 5.86. The highest BCUT2D eigenvalue weighted by Gasteiger charge is 1.96. The lowest BCUT2D eigenvalue weighted by Crippen LogP contribution is -1.87. The molecule has 1 aromatic heterocycles. The molecule has 0 radical (unpaired) electrons. The van der Waals surface area contributed by atoms with Gasteiger partial charge >= 0.3 is 0 Å². The number of allylic oxidation sites excluding steroid dienone is 1. The molecule has 0 aliphatic rings. The molecule has 0 saturated carbocycles. The van der Waals surface area contributed by atoms with E-state index in [4.69, 9.17) is 4.42 Å². The molecule has 120 valence electrons. The zero-order chi connectivity index (χ0) is 16.2. The van der Waals surface area contributed by atoms with Gasteiger partial charge in [-0.25, -0.2) is 0 Å². The number of furan rings is 1. The van der Waals surface area contributed by atoms with Crippen LogP contribution in [0.25, 0.3) is 6.08 Å². The average molecular weight is 308 g/mol. The van der Waals surface area contributed by atoms with Crippen LogP contribution in [0.1, 0.15) is 50.4 Å². The predicted molar refractivity (Wildman–Crippen MR) is 98.0 cm³/mol. The van der Waals surface area contributed by atoms with Crippen molar-refractivity contribution in [2.75, 3.05) is 0 Å². The fourth-order valence-electron chi connectivity index (χ4n) is 2.26. The van der Waals surface area contributed by atoms with E-state index >= 15 is 0 Å². The van der Waals surface area contributed by atoms with Crippen LogP contribution in [0.15, 0.2) is 68.9 Å². The fraction of sp³-hybridized carbons (Fsp3) is 0.300. The summed E-state index contributed by atoms with van der Waals surface area (Å²) in [5, 5.41) is 8.21. The summed E-state index contributed by atoms with van der Waals surface area (Å²) in [6.07, 6.45) is 13.3. The molecule has 1 aromatic carbocycles. The molecule has 0 fully saturated rings. The van der Waals surface area contributed by atoms with E-state index in [1.807, 2.05) is 36.5 Å². The molecule has 3 heteroatoms. The summed E-state index contributed by atoms with van der Waals surface area (Å²) in [6, 6.07) is 14.0. The standard InChI is InChI=1S/C20H24N2O/c1-2-3-4-6-12-19(15-18-10-7-5-8-11-18)16-21-22-17-20-13-9-14-23-20/h5,7-11,13-17H,2-4,6,12H2,1H3/b19-15-,21-16+,22-17+. The van der Waals surface area contributed by atoms with Crippen molar-refractivity contribution in [1.29, 1.82) is 0 Å². The molecule has 2 aromatic rings. The first-order chi connectivity index (χ1) is 11.4. The van der Waals surface area contributed by atoms with Crippen molar-refractivity contribution in [1.82, 2.24) is 0 Å². The van der Waals surface area contributed by atoms with E-state index in [-0.39, 0.29) is 0 Å². The Balaban J connectivity index is 1.99. The third kappa shape index (κ3) is 6.92. The van der Waals surface area contributed by atoms with Gasteiger partial charge in [0, 0.05) is 0 Å². The third-order valence-corrected chi connectivity index (χ3v) is 3.49. The maximum atomic E-state index is 5.19. The lowest BCUT2D eigenvalue weighted by molar-refractivity contribution is 0.560. The van der Waals surface area contributed by atoms with Crippen molar-refractivity contribution in [3.05, 3.63) is 65.6 Å². The molecule has 0 aliphatic carbocycles. The SMILES string of the molecule is CCCCCCC(=C/c1ccccc1)/C=N/N=C/c1ccco1. The minimum absolute atomic E-state index is 0.707. The fourth-order valence-corrected chi connectivity index (χ4v) is 2.26.